The van der Waals surface area contributed by atoms with Crippen molar-refractivity contribution in [3.05, 3.63) is 41.3 Å². The summed E-state index contributed by atoms with van der Waals surface area (Å²) in [5.41, 5.74) is 1.69. The molecule has 0 atom stereocenters. The van der Waals surface area contributed by atoms with Crippen LogP contribution in [0.4, 0.5) is 0 Å². The van der Waals surface area contributed by atoms with Crippen LogP contribution in [-0.4, -0.2) is 17.1 Å². The largest absolute Gasteiger partial charge is 0.496 e. The van der Waals surface area contributed by atoms with Crippen LogP contribution < -0.4 is 4.74 Å². The number of ether oxygens (including phenoxy) is 1. The fourth-order valence-corrected chi connectivity index (χ4v) is 1.66. The maximum absolute atomic E-state index is 5.96. The molecule has 4 heteroatoms. The Hall–Kier alpha value is -1.61. The fraction of sp³-hybridized carbons (Fsp3) is 0.167. The van der Waals surface area contributed by atoms with Gasteiger partial charge in [-0.3, -0.25) is 0 Å². The average molecular weight is 235 g/mol. The summed E-state index contributed by atoms with van der Waals surface area (Å²) in [7, 11) is 1.63. The highest BCUT2D eigenvalue weighted by atomic mass is 35.5. The molecule has 0 radical (unpaired) electrons. The van der Waals surface area contributed by atoms with Gasteiger partial charge < -0.3 is 4.74 Å². The summed E-state index contributed by atoms with van der Waals surface area (Å²) < 4.78 is 5.28. The molecule has 0 spiro atoms. The predicted octanol–water partition coefficient (Wildman–Crippen LogP) is 3.11. The summed E-state index contributed by atoms with van der Waals surface area (Å²) in [5, 5.41) is 0.659. The molecule has 3 nitrogen and oxygen atoms in total. The van der Waals surface area contributed by atoms with E-state index < -0.39 is 0 Å². The zero-order valence-electron chi connectivity index (χ0n) is 9.07. The van der Waals surface area contributed by atoms with Gasteiger partial charge in [0.25, 0.3) is 0 Å². The summed E-state index contributed by atoms with van der Waals surface area (Å²) in [4.78, 5) is 8.40. The van der Waals surface area contributed by atoms with E-state index in [2.05, 4.69) is 9.97 Å². The van der Waals surface area contributed by atoms with Gasteiger partial charge in [0.1, 0.15) is 11.6 Å². The van der Waals surface area contributed by atoms with Crippen LogP contribution in [0, 0.1) is 6.92 Å². The highest BCUT2D eigenvalue weighted by molar-refractivity contribution is 6.30. The van der Waals surface area contributed by atoms with E-state index in [4.69, 9.17) is 16.3 Å². The topological polar surface area (TPSA) is 35.0 Å². The molecular weight excluding hydrogens is 224 g/mol. The lowest BCUT2D eigenvalue weighted by atomic mass is 10.1. The number of aromatic nitrogens is 2. The maximum Gasteiger partial charge on any atom is 0.128 e. The molecule has 0 aliphatic carbocycles. The lowest BCUT2D eigenvalue weighted by Crippen LogP contribution is -1.93. The van der Waals surface area contributed by atoms with Crippen molar-refractivity contribution in [3.63, 3.8) is 0 Å². The normalized spacial score (nSPS) is 10.2. The standard InChI is InChI=1S/C12H11ClN2O/c1-8-14-6-5-11(15-8)10-7-9(13)3-4-12(10)16-2/h3-7H,1-2H3. The number of halogens is 1. The molecule has 0 saturated heterocycles. The molecule has 16 heavy (non-hydrogen) atoms. The number of nitrogens with zero attached hydrogens (tertiary/aromatic N) is 2. The lowest BCUT2D eigenvalue weighted by Gasteiger charge is -2.08. The van der Waals surface area contributed by atoms with Gasteiger partial charge in [-0.25, -0.2) is 9.97 Å². The quantitative estimate of drug-likeness (QED) is 0.801. The Morgan fingerprint density at radius 2 is 2.06 bits per heavy atom. The molecule has 0 amide bonds. The Morgan fingerprint density at radius 3 is 2.75 bits per heavy atom. The van der Waals surface area contributed by atoms with Gasteiger partial charge in [0.15, 0.2) is 0 Å². The summed E-state index contributed by atoms with van der Waals surface area (Å²) in [6.45, 7) is 1.85. The average Bonchev–Trinajstić information content (AvgIpc) is 2.29. The molecule has 1 aromatic carbocycles. The Kier molecular flexibility index (Phi) is 3.06. The smallest absolute Gasteiger partial charge is 0.128 e. The Morgan fingerprint density at radius 1 is 1.25 bits per heavy atom. The molecule has 0 saturated carbocycles. The van der Waals surface area contributed by atoms with Crippen LogP contribution in [0.15, 0.2) is 30.5 Å². The number of rotatable bonds is 2. The zero-order valence-corrected chi connectivity index (χ0v) is 9.82. The molecule has 1 aromatic heterocycles. The van der Waals surface area contributed by atoms with E-state index in [9.17, 15) is 0 Å². The third kappa shape index (κ3) is 2.14. The van der Waals surface area contributed by atoms with Gasteiger partial charge >= 0.3 is 0 Å². The first kappa shape index (κ1) is 10.9. The van der Waals surface area contributed by atoms with Crippen molar-refractivity contribution in [1.82, 2.24) is 9.97 Å². The Bertz CT molecular complexity index is 514. The van der Waals surface area contributed by atoms with Crippen molar-refractivity contribution < 1.29 is 4.74 Å². The monoisotopic (exact) mass is 234 g/mol. The molecule has 0 fully saturated rings. The van der Waals surface area contributed by atoms with Gasteiger partial charge in [-0.15, -0.1) is 0 Å². The van der Waals surface area contributed by atoms with E-state index in [-0.39, 0.29) is 0 Å². The number of benzene rings is 1. The second-order valence-corrected chi connectivity index (χ2v) is 3.77. The van der Waals surface area contributed by atoms with Gasteiger partial charge in [-0.05, 0) is 31.2 Å². The minimum atomic E-state index is 0.659. The number of hydrogen-bond acceptors (Lipinski definition) is 3. The maximum atomic E-state index is 5.96. The van der Waals surface area contributed by atoms with Gasteiger partial charge in [-0.2, -0.15) is 0 Å². The first-order chi connectivity index (χ1) is 7.70. The van der Waals surface area contributed by atoms with Crippen LogP contribution in [0.2, 0.25) is 5.02 Å². The zero-order chi connectivity index (χ0) is 11.5. The number of aryl methyl sites for hydroxylation is 1. The molecule has 0 unspecified atom stereocenters. The van der Waals surface area contributed by atoms with Crippen LogP contribution in [-0.2, 0) is 0 Å². The molecule has 1 heterocycles. The van der Waals surface area contributed by atoms with Gasteiger partial charge in [0.05, 0.1) is 12.8 Å². The molecule has 2 rings (SSSR count). The summed E-state index contributed by atoms with van der Waals surface area (Å²) in [6, 6.07) is 7.29. The highest BCUT2D eigenvalue weighted by Gasteiger charge is 2.08. The molecule has 0 aliphatic heterocycles. The molecular formula is C12H11ClN2O. The van der Waals surface area contributed by atoms with Crippen molar-refractivity contribution in [2.75, 3.05) is 7.11 Å². The second kappa shape index (κ2) is 4.49. The molecule has 0 bridgehead atoms. The molecule has 0 N–H and O–H groups in total. The van der Waals surface area contributed by atoms with Crippen molar-refractivity contribution in [2.24, 2.45) is 0 Å². The molecule has 82 valence electrons. The minimum Gasteiger partial charge on any atom is -0.496 e. The summed E-state index contributed by atoms with van der Waals surface area (Å²) >= 11 is 5.96. The second-order valence-electron chi connectivity index (χ2n) is 3.33. The van der Waals surface area contributed by atoms with Crippen molar-refractivity contribution >= 4 is 11.6 Å². The van der Waals surface area contributed by atoms with Crippen molar-refractivity contribution in [2.45, 2.75) is 6.92 Å². The first-order valence-electron chi connectivity index (χ1n) is 4.84. The van der Waals surface area contributed by atoms with E-state index in [1.165, 1.54) is 0 Å². The number of hydrogen-bond donors (Lipinski definition) is 0. The third-order valence-electron chi connectivity index (χ3n) is 2.21. The van der Waals surface area contributed by atoms with Crippen molar-refractivity contribution in [1.29, 1.82) is 0 Å². The SMILES string of the molecule is COc1ccc(Cl)cc1-c1ccnc(C)n1. The van der Waals surface area contributed by atoms with Crippen LogP contribution in [0.1, 0.15) is 5.82 Å². The van der Waals surface area contributed by atoms with E-state index >= 15 is 0 Å². The van der Waals surface area contributed by atoms with Crippen LogP contribution in [0.25, 0.3) is 11.3 Å². The summed E-state index contributed by atoms with van der Waals surface area (Å²) in [6.07, 6.45) is 1.72. The van der Waals surface area contributed by atoms with Crippen LogP contribution >= 0.6 is 11.6 Å². The van der Waals surface area contributed by atoms with E-state index in [0.29, 0.717) is 5.02 Å². The number of methoxy groups -OCH3 is 1. The third-order valence-corrected chi connectivity index (χ3v) is 2.45. The first-order valence-corrected chi connectivity index (χ1v) is 5.22. The van der Waals surface area contributed by atoms with Crippen molar-refractivity contribution in [3.8, 4) is 17.0 Å². The van der Waals surface area contributed by atoms with E-state index in [0.717, 1.165) is 22.8 Å². The van der Waals surface area contributed by atoms with Crippen LogP contribution in [0.3, 0.4) is 0 Å². The Labute approximate surface area is 99.1 Å². The van der Waals surface area contributed by atoms with Gasteiger partial charge in [0, 0.05) is 16.8 Å². The van der Waals surface area contributed by atoms with Gasteiger partial charge in [-0.1, -0.05) is 11.6 Å². The van der Waals surface area contributed by atoms with Crippen LogP contribution in [0.5, 0.6) is 5.75 Å². The minimum absolute atomic E-state index is 0.659. The molecule has 0 aliphatic rings. The molecule has 2 aromatic rings. The fourth-order valence-electron chi connectivity index (χ4n) is 1.49. The van der Waals surface area contributed by atoms with Gasteiger partial charge in [0.2, 0.25) is 0 Å². The van der Waals surface area contributed by atoms with E-state index in [1.807, 2.05) is 25.1 Å². The summed E-state index contributed by atoms with van der Waals surface area (Å²) in [5.74, 6) is 1.47. The Balaban J connectivity index is 2.58. The highest BCUT2D eigenvalue weighted by Crippen LogP contribution is 2.30. The predicted molar refractivity (Wildman–Crippen MR) is 63.8 cm³/mol. The lowest BCUT2D eigenvalue weighted by molar-refractivity contribution is 0.416. The van der Waals surface area contributed by atoms with E-state index in [1.54, 1.807) is 19.4 Å².